The summed E-state index contributed by atoms with van der Waals surface area (Å²) in [5.74, 6) is 1.95. The van der Waals surface area contributed by atoms with Gasteiger partial charge in [-0.05, 0) is 19.3 Å². The number of imidazole rings is 1. The summed E-state index contributed by atoms with van der Waals surface area (Å²) in [4.78, 5) is 4.23. The molecule has 2 nitrogen and oxygen atoms in total. The van der Waals surface area contributed by atoms with E-state index in [1.807, 2.05) is 6.20 Å². The third-order valence-electron chi connectivity index (χ3n) is 2.65. The molecule has 1 heterocycles. The quantitative estimate of drug-likeness (QED) is 0.681. The van der Waals surface area contributed by atoms with Crippen molar-refractivity contribution in [2.45, 2.75) is 46.6 Å². The third-order valence-corrected chi connectivity index (χ3v) is 2.65. The summed E-state index contributed by atoms with van der Waals surface area (Å²) in [6, 6.07) is 0. The molecular formula is C11H20N2. The van der Waals surface area contributed by atoms with Crippen LogP contribution in [0.25, 0.3) is 0 Å². The van der Waals surface area contributed by atoms with E-state index in [2.05, 4.69) is 36.5 Å². The summed E-state index contributed by atoms with van der Waals surface area (Å²) in [5, 5.41) is 0. The van der Waals surface area contributed by atoms with Crippen LogP contribution in [0, 0.1) is 12.8 Å². The highest BCUT2D eigenvalue weighted by molar-refractivity contribution is 4.88. The standard InChI is InChI=1S/C11H20N2/c1-4-6-11(5-2)9-13-8-7-12-10(13)3/h7-8,11H,4-6,9H2,1-3H3. The molecule has 0 spiro atoms. The van der Waals surface area contributed by atoms with Crippen molar-refractivity contribution in [3.63, 3.8) is 0 Å². The minimum absolute atomic E-state index is 0.817. The summed E-state index contributed by atoms with van der Waals surface area (Å²) in [5.41, 5.74) is 0. The van der Waals surface area contributed by atoms with Crippen LogP contribution in [0.4, 0.5) is 0 Å². The molecule has 1 aromatic rings. The molecule has 13 heavy (non-hydrogen) atoms. The lowest BCUT2D eigenvalue weighted by molar-refractivity contribution is 0.395. The average Bonchev–Trinajstić information content (AvgIpc) is 2.51. The molecule has 0 aromatic carbocycles. The van der Waals surface area contributed by atoms with Gasteiger partial charge in [0.15, 0.2) is 0 Å². The van der Waals surface area contributed by atoms with Gasteiger partial charge in [-0.1, -0.05) is 26.7 Å². The fourth-order valence-corrected chi connectivity index (χ4v) is 1.71. The molecule has 0 aliphatic heterocycles. The largest absolute Gasteiger partial charge is 0.335 e. The van der Waals surface area contributed by atoms with E-state index < -0.39 is 0 Å². The molecule has 0 saturated carbocycles. The summed E-state index contributed by atoms with van der Waals surface area (Å²) in [6.45, 7) is 7.73. The maximum absolute atomic E-state index is 4.23. The van der Waals surface area contributed by atoms with E-state index in [-0.39, 0.29) is 0 Å². The van der Waals surface area contributed by atoms with Gasteiger partial charge in [0.2, 0.25) is 0 Å². The zero-order valence-corrected chi connectivity index (χ0v) is 8.95. The average molecular weight is 180 g/mol. The van der Waals surface area contributed by atoms with Crippen molar-refractivity contribution in [1.29, 1.82) is 0 Å². The second-order valence-electron chi connectivity index (χ2n) is 3.69. The van der Waals surface area contributed by atoms with Crippen LogP contribution in [0.2, 0.25) is 0 Å². The number of aryl methyl sites for hydroxylation is 1. The van der Waals surface area contributed by atoms with Gasteiger partial charge < -0.3 is 4.57 Å². The van der Waals surface area contributed by atoms with Gasteiger partial charge in [-0.15, -0.1) is 0 Å². The summed E-state index contributed by atoms with van der Waals surface area (Å²) in [7, 11) is 0. The van der Waals surface area contributed by atoms with Crippen LogP contribution in [-0.4, -0.2) is 9.55 Å². The van der Waals surface area contributed by atoms with Crippen LogP contribution in [-0.2, 0) is 6.54 Å². The Balaban J connectivity index is 2.51. The van der Waals surface area contributed by atoms with Crippen molar-refractivity contribution in [1.82, 2.24) is 9.55 Å². The van der Waals surface area contributed by atoms with Gasteiger partial charge in [-0.2, -0.15) is 0 Å². The highest BCUT2D eigenvalue weighted by Gasteiger charge is 2.06. The number of nitrogens with zero attached hydrogens (tertiary/aromatic N) is 2. The van der Waals surface area contributed by atoms with Gasteiger partial charge in [-0.25, -0.2) is 4.98 Å². The molecule has 74 valence electrons. The predicted octanol–water partition coefficient (Wildman–Crippen LogP) is 3.02. The maximum atomic E-state index is 4.23. The first-order valence-corrected chi connectivity index (χ1v) is 5.25. The lowest BCUT2D eigenvalue weighted by Gasteiger charge is -2.15. The summed E-state index contributed by atoms with van der Waals surface area (Å²) >= 11 is 0. The Labute approximate surface area is 81.0 Å². The van der Waals surface area contributed by atoms with Crippen molar-refractivity contribution in [2.75, 3.05) is 0 Å². The predicted molar refractivity (Wildman–Crippen MR) is 55.7 cm³/mol. The zero-order chi connectivity index (χ0) is 9.68. The molecule has 0 N–H and O–H groups in total. The van der Waals surface area contributed by atoms with E-state index in [1.54, 1.807) is 0 Å². The van der Waals surface area contributed by atoms with Crippen LogP contribution in [0.3, 0.4) is 0 Å². The van der Waals surface area contributed by atoms with Crippen LogP contribution in [0.15, 0.2) is 12.4 Å². The molecule has 0 fully saturated rings. The van der Waals surface area contributed by atoms with Crippen LogP contribution >= 0.6 is 0 Å². The van der Waals surface area contributed by atoms with Crippen molar-refractivity contribution < 1.29 is 0 Å². The molecule has 0 radical (unpaired) electrons. The molecule has 0 amide bonds. The smallest absolute Gasteiger partial charge is 0.105 e. The van der Waals surface area contributed by atoms with Gasteiger partial charge in [0.05, 0.1) is 0 Å². The molecule has 0 saturated heterocycles. The molecule has 1 aromatic heterocycles. The van der Waals surface area contributed by atoms with Gasteiger partial charge in [0.1, 0.15) is 5.82 Å². The van der Waals surface area contributed by atoms with E-state index >= 15 is 0 Å². The van der Waals surface area contributed by atoms with E-state index in [9.17, 15) is 0 Å². The van der Waals surface area contributed by atoms with Crippen LogP contribution in [0.5, 0.6) is 0 Å². The lowest BCUT2D eigenvalue weighted by Crippen LogP contribution is -2.10. The van der Waals surface area contributed by atoms with Gasteiger partial charge >= 0.3 is 0 Å². The Morgan fingerprint density at radius 1 is 1.46 bits per heavy atom. The lowest BCUT2D eigenvalue weighted by atomic mass is 10.0. The third kappa shape index (κ3) is 2.87. The Morgan fingerprint density at radius 3 is 2.69 bits per heavy atom. The molecule has 0 aliphatic rings. The Kier molecular flexibility index (Phi) is 4.00. The van der Waals surface area contributed by atoms with E-state index in [4.69, 9.17) is 0 Å². The number of hydrogen-bond donors (Lipinski definition) is 0. The molecular weight excluding hydrogens is 160 g/mol. The summed E-state index contributed by atoms with van der Waals surface area (Å²) < 4.78 is 2.25. The SMILES string of the molecule is CCCC(CC)Cn1ccnc1C. The van der Waals surface area contributed by atoms with E-state index in [1.165, 1.54) is 19.3 Å². The number of hydrogen-bond acceptors (Lipinski definition) is 1. The first-order valence-electron chi connectivity index (χ1n) is 5.25. The van der Waals surface area contributed by atoms with E-state index in [0.717, 1.165) is 18.3 Å². The minimum Gasteiger partial charge on any atom is -0.335 e. The van der Waals surface area contributed by atoms with Crippen molar-refractivity contribution in [3.8, 4) is 0 Å². The second kappa shape index (κ2) is 5.05. The minimum atomic E-state index is 0.817. The Hall–Kier alpha value is -0.790. The maximum Gasteiger partial charge on any atom is 0.105 e. The van der Waals surface area contributed by atoms with Crippen molar-refractivity contribution in [3.05, 3.63) is 18.2 Å². The monoisotopic (exact) mass is 180 g/mol. The molecule has 0 aliphatic carbocycles. The second-order valence-corrected chi connectivity index (χ2v) is 3.69. The first kappa shape index (κ1) is 10.3. The van der Waals surface area contributed by atoms with Gasteiger partial charge in [0, 0.05) is 18.9 Å². The molecule has 0 bridgehead atoms. The molecule has 1 atom stereocenters. The van der Waals surface area contributed by atoms with Gasteiger partial charge in [0.25, 0.3) is 0 Å². The molecule has 2 heteroatoms. The molecule has 1 rings (SSSR count). The zero-order valence-electron chi connectivity index (χ0n) is 8.95. The first-order chi connectivity index (χ1) is 6.27. The van der Waals surface area contributed by atoms with Crippen LogP contribution in [0.1, 0.15) is 38.9 Å². The fourth-order valence-electron chi connectivity index (χ4n) is 1.71. The normalized spacial score (nSPS) is 13.2. The van der Waals surface area contributed by atoms with Gasteiger partial charge in [-0.3, -0.25) is 0 Å². The summed E-state index contributed by atoms with van der Waals surface area (Å²) in [6.07, 6.45) is 7.84. The fraction of sp³-hybridized carbons (Fsp3) is 0.727. The topological polar surface area (TPSA) is 17.8 Å². The Morgan fingerprint density at radius 2 is 2.23 bits per heavy atom. The van der Waals surface area contributed by atoms with Crippen molar-refractivity contribution >= 4 is 0 Å². The highest BCUT2D eigenvalue weighted by Crippen LogP contribution is 2.14. The number of rotatable bonds is 5. The van der Waals surface area contributed by atoms with Crippen LogP contribution < -0.4 is 0 Å². The molecule has 1 unspecified atom stereocenters. The van der Waals surface area contributed by atoms with E-state index in [0.29, 0.717) is 0 Å². The Bertz CT molecular complexity index is 240. The van der Waals surface area contributed by atoms with Crippen molar-refractivity contribution in [2.24, 2.45) is 5.92 Å². The number of aromatic nitrogens is 2. The highest BCUT2D eigenvalue weighted by atomic mass is 15.1.